The average molecular weight is 497 g/mol. The van der Waals surface area contributed by atoms with Gasteiger partial charge in [0, 0.05) is 59.2 Å². The molecule has 2 N–H and O–H groups in total. The average Bonchev–Trinajstić information content (AvgIpc) is 2.75. The SMILES string of the molecule is CC(c1cc(Cl)ccc1Sc1ccccc1Cl)N1CCN(C)CC1.O=C(O)/C=C\C(=O)O. The van der Waals surface area contributed by atoms with Crippen molar-refractivity contribution in [3.63, 3.8) is 0 Å². The van der Waals surface area contributed by atoms with Crippen molar-refractivity contribution in [2.75, 3.05) is 33.2 Å². The first-order valence-electron chi connectivity index (χ1n) is 9.95. The molecular formula is C23H26Cl2N2O4S. The summed E-state index contributed by atoms with van der Waals surface area (Å²) in [5, 5.41) is 17.2. The van der Waals surface area contributed by atoms with Gasteiger partial charge in [0.05, 0.1) is 5.02 Å². The number of likely N-dealkylation sites (N-methyl/N-ethyl adjacent to an activating group) is 1. The molecule has 1 atom stereocenters. The Labute approximate surface area is 202 Å². The zero-order chi connectivity index (χ0) is 23.7. The molecule has 1 saturated heterocycles. The monoisotopic (exact) mass is 496 g/mol. The summed E-state index contributed by atoms with van der Waals surface area (Å²) in [5.41, 5.74) is 1.27. The first kappa shape index (κ1) is 26.2. The number of hydrogen-bond acceptors (Lipinski definition) is 5. The number of benzene rings is 2. The van der Waals surface area contributed by atoms with E-state index in [1.807, 2.05) is 24.3 Å². The molecule has 0 saturated carbocycles. The molecule has 9 heteroatoms. The normalized spacial score (nSPS) is 15.8. The van der Waals surface area contributed by atoms with E-state index in [1.165, 1.54) is 10.5 Å². The molecule has 3 rings (SSSR count). The summed E-state index contributed by atoms with van der Waals surface area (Å²) in [4.78, 5) is 26.3. The quantitative estimate of drug-likeness (QED) is 0.534. The Kier molecular flexibility index (Phi) is 10.5. The zero-order valence-electron chi connectivity index (χ0n) is 17.9. The molecule has 0 radical (unpaired) electrons. The van der Waals surface area contributed by atoms with Crippen LogP contribution in [0, 0.1) is 0 Å². The molecule has 0 aromatic heterocycles. The van der Waals surface area contributed by atoms with Crippen molar-refractivity contribution in [1.29, 1.82) is 0 Å². The summed E-state index contributed by atoms with van der Waals surface area (Å²) in [6.45, 7) is 6.66. The fourth-order valence-electron chi connectivity index (χ4n) is 3.13. The van der Waals surface area contributed by atoms with Crippen LogP contribution in [0.1, 0.15) is 18.5 Å². The van der Waals surface area contributed by atoms with Crippen molar-refractivity contribution < 1.29 is 19.8 Å². The van der Waals surface area contributed by atoms with Crippen molar-refractivity contribution in [3.8, 4) is 0 Å². The van der Waals surface area contributed by atoms with E-state index in [-0.39, 0.29) is 0 Å². The van der Waals surface area contributed by atoms with E-state index >= 15 is 0 Å². The number of carbonyl (C=O) groups is 2. The Hall–Kier alpha value is -2.03. The molecule has 32 heavy (non-hydrogen) atoms. The van der Waals surface area contributed by atoms with Crippen LogP contribution in [0.25, 0.3) is 0 Å². The van der Waals surface area contributed by atoms with Crippen LogP contribution in [0.5, 0.6) is 0 Å². The lowest BCUT2D eigenvalue weighted by atomic mass is 10.1. The lowest BCUT2D eigenvalue weighted by Gasteiger charge is -2.37. The number of carboxylic acid groups (broad SMARTS) is 2. The van der Waals surface area contributed by atoms with Gasteiger partial charge in [0.1, 0.15) is 0 Å². The minimum Gasteiger partial charge on any atom is -0.478 e. The maximum Gasteiger partial charge on any atom is 0.328 e. The Morgan fingerprint density at radius 1 is 0.969 bits per heavy atom. The van der Waals surface area contributed by atoms with Gasteiger partial charge >= 0.3 is 11.9 Å². The minimum absolute atomic E-state index is 0.336. The van der Waals surface area contributed by atoms with Gasteiger partial charge in [0.25, 0.3) is 0 Å². The van der Waals surface area contributed by atoms with E-state index in [0.29, 0.717) is 18.2 Å². The van der Waals surface area contributed by atoms with Gasteiger partial charge in [0.2, 0.25) is 0 Å². The molecule has 1 heterocycles. The predicted molar refractivity (Wildman–Crippen MR) is 129 cm³/mol. The molecule has 0 bridgehead atoms. The van der Waals surface area contributed by atoms with Crippen LogP contribution < -0.4 is 0 Å². The molecule has 0 amide bonds. The van der Waals surface area contributed by atoms with Gasteiger partial charge in [-0.1, -0.05) is 47.1 Å². The molecule has 172 valence electrons. The molecule has 6 nitrogen and oxygen atoms in total. The predicted octanol–water partition coefficient (Wildman–Crippen LogP) is 5.16. The summed E-state index contributed by atoms with van der Waals surface area (Å²) in [6.07, 6.45) is 1.12. The van der Waals surface area contributed by atoms with Gasteiger partial charge in [-0.3, -0.25) is 4.90 Å². The highest BCUT2D eigenvalue weighted by Crippen LogP contribution is 2.39. The van der Waals surface area contributed by atoms with Crippen molar-refractivity contribution in [2.45, 2.75) is 22.8 Å². The number of halogens is 2. The highest BCUT2D eigenvalue weighted by atomic mass is 35.5. The molecule has 0 spiro atoms. The standard InChI is InChI=1S/C19H22Cl2N2S.C4H4O4/c1-14(23-11-9-22(2)10-12-23)16-13-15(20)7-8-18(16)24-19-6-4-3-5-17(19)21;5-3(6)1-2-4(7)8/h3-8,13-14H,9-12H2,1-2H3;1-2H,(H,5,6)(H,7,8)/b;2-1-. The van der Waals surface area contributed by atoms with E-state index < -0.39 is 11.9 Å². The fraction of sp³-hybridized carbons (Fsp3) is 0.304. The topological polar surface area (TPSA) is 81.1 Å². The van der Waals surface area contributed by atoms with Crippen molar-refractivity contribution in [3.05, 3.63) is 70.2 Å². The molecule has 1 unspecified atom stereocenters. The fourth-order valence-corrected chi connectivity index (χ4v) is 4.60. The van der Waals surface area contributed by atoms with E-state index in [4.69, 9.17) is 33.4 Å². The van der Waals surface area contributed by atoms with Crippen LogP contribution in [0.3, 0.4) is 0 Å². The Balaban J connectivity index is 0.000000390. The molecule has 1 aliphatic rings. The van der Waals surface area contributed by atoms with Gasteiger partial charge in [-0.2, -0.15) is 0 Å². The van der Waals surface area contributed by atoms with Gasteiger partial charge in [-0.15, -0.1) is 0 Å². The first-order valence-corrected chi connectivity index (χ1v) is 11.5. The second kappa shape index (κ2) is 12.9. The maximum absolute atomic E-state index is 9.55. The molecule has 2 aromatic rings. The van der Waals surface area contributed by atoms with Crippen molar-refractivity contribution >= 4 is 46.9 Å². The third kappa shape index (κ3) is 8.48. The molecule has 1 aliphatic heterocycles. The van der Waals surface area contributed by atoms with E-state index in [9.17, 15) is 9.59 Å². The smallest absolute Gasteiger partial charge is 0.328 e. The van der Waals surface area contributed by atoms with Crippen molar-refractivity contribution in [1.82, 2.24) is 9.80 Å². The molecular weight excluding hydrogens is 471 g/mol. The Morgan fingerprint density at radius 2 is 1.56 bits per heavy atom. The third-order valence-electron chi connectivity index (χ3n) is 4.93. The molecule has 1 fully saturated rings. The van der Waals surface area contributed by atoms with Crippen molar-refractivity contribution in [2.24, 2.45) is 0 Å². The van der Waals surface area contributed by atoms with Gasteiger partial charge in [0.15, 0.2) is 0 Å². The lowest BCUT2D eigenvalue weighted by Crippen LogP contribution is -2.45. The summed E-state index contributed by atoms with van der Waals surface area (Å²) >= 11 is 14.3. The van der Waals surface area contributed by atoms with E-state index in [0.717, 1.165) is 41.1 Å². The highest BCUT2D eigenvalue weighted by Gasteiger charge is 2.23. The van der Waals surface area contributed by atoms with Gasteiger partial charge < -0.3 is 15.1 Å². The van der Waals surface area contributed by atoms with Crippen LogP contribution in [0.15, 0.2) is 64.4 Å². The number of hydrogen-bond donors (Lipinski definition) is 2. The van der Waals surface area contributed by atoms with E-state index in [2.05, 4.69) is 42.0 Å². The Bertz CT molecular complexity index is 947. The maximum atomic E-state index is 9.55. The number of aliphatic carboxylic acids is 2. The summed E-state index contributed by atoms with van der Waals surface area (Å²) in [6, 6.07) is 14.5. The van der Waals surface area contributed by atoms with Crippen LogP contribution in [0.4, 0.5) is 0 Å². The van der Waals surface area contributed by atoms with E-state index in [1.54, 1.807) is 11.8 Å². The van der Waals surface area contributed by atoms with Crippen LogP contribution in [-0.4, -0.2) is 65.2 Å². The second-order valence-electron chi connectivity index (χ2n) is 7.24. The van der Waals surface area contributed by atoms with Gasteiger partial charge in [-0.05, 0) is 49.9 Å². The van der Waals surface area contributed by atoms with Crippen LogP contribution in [0.2, 0.25) is 10.0 Å². The summed E-state index contributed by atoms with van der Waals surface area (Å²) in [5.74, 6) is -2.51. The summed E-state index contributed by atoms with van der Waals surface area (Å²) in [7, 11) is 2.18. The minimum atomic E-state index is -1.26. The molecule has 2 aromatic carbocycles. The Morgan fingerprint density at radius 3 is 2.12 bits per heavy atom. The highest BCUT2D eigenvalue weighted by molar-refractivity contribution is 7.99. The van der Waals surface area contributed by atoms with Crippen LogP contribution in [-0.2, 0) is 9.59 Å². The lowest BCUT2D eigenvalue weighted by molar-refractivity contribution is -0.134. The third-order valence-corrected chi connectivity index (χ3v) is 6.78. The number of carboxylic acids is 2. The second-order valence-corrected chi connectivity index (χ2v) is 9.17. The summed E-state index contributed by atoms with van der Waals surface area (Å²) < 4.78 is 0. The largest absolute Gasteiger partial charge is 0.478 e. The first-order chi connectivity index (χ1) is 15.2. The molecule has 0 aliphatic carbocycles. The number of piperazine rings is 1. The number of rotatable bonds is 6. The number of nitrogens with zero attached hydrogens (tertiary/aromatic N) is 2. The zero-order valence-corrected chi connectivity index (χ0v) is 20.2. The van der Waals surface area contributed by atoms with Gasteiger partial charge in [-0.25, -0.2) is 9.59 Å². The van der Waals surface area contributed by atoms with Crippen LogP contribution >= 0.6 is 35.0 Å².